The zero-order valence-corrected chi connectivity index (χ0v) is 11.0. The lowest BCUT2D eigenvalue weighted by atomic mass is 10.1. The van der Waals surface area contributed by atoms with Crippen molar-refractivity contribution < 1.29 is 9.53 Å². The van der Waals surface area contributed by atoms with Crippen LogP contribution < -0.4 is 4.74 Å². The summed E-state index contributed by atoms with van der Waals surface area (Å²) in [4.78, 5) is 16.0. The summed E-state index contributed by atoms with van der Waals surface area (Å²) in [5.41, 5.74) is 0.663. The van der Waals surface area contributed by atoms with Gasteiger partial charge in [-0.15, -0.1) is 5.10 Å². The van der Waals surface area contributed by atoms with E-state index in [9.17, 15) is 4.79 Å². The molecule has 0 saturated carbocycles. The van der Waals surface area contributed by atoms with Gasteiger partial charge in [-0.3, -0.25) is 9.89 Å². The average molecular weight is 263 g/mol. The number of rotatable bonds is 5. The fourth-order valence-corrected chi connectivity index (χ4v) is 2.12. The van der Waals surface area contributed by atoms with E-state index in [0.29, 0.717) is 16.5 Å². The van der Waals surface area contributed by atoms with Gasteiger partial charge < -0.3 is 4.74 Å². The van der Waals surface area contributed by atoms with E-state index in [2.05, 4.69) is 15.2 Å². The summed E-state index contributed by atoms with van der Waals surface area (Å²) in [5.74, 6) is 1.85. The van der Waals surface area contributed by atoms with E-state index in [1.54, 1.807) is 31.4 Å². The van der Waals surface area contributed by atoms with E-state index in [1.807, 2.05) is 6.92 Å². The van der Waals surface area contributed by atoms with E-state index in [4.69, 9.17) is 4.74 Å². The Morgan fingerprint density at radius 1 is 1.39 bits per heavy atom. The minimum Gasteiger partial charge on any atom is -0.497 e. The molecule has 18 heavy (non-hydrogen) atoms. The zero-order valence-electron chi connectivity index (χ0n) is 10.1. The molecule has 2 rings (SSSR count). The van der Waals surface area contributed by atoms with Crippen LogP contribution in [0.2, 0.25) is 0 Å². The van der Waals surface area contributed by atoms with Gasteiger partial charge in [0.2, 0.25) is 5.16 Å². The number of Topliss-reactive ketones (excluding diaryl/α,β-unsaturated/α-hetero) is 1. The number of ketones is 1. The van der Waals surface area contributed by atoms with E-state index < -0.39 is 0 Å². The summed E-state index contributed by atoms with van der Waals surface area (Å²) >= 11 is 1.32. The van der Waals surface area contributed by atoms with Crippen molar-refractivity contribution in [2.45, 2.75) is 12.1 Å². The first-order valence-corrected chi connectivity index (χ1v) is 6.36. The maximum Gasteiger partial charge on any atom is 0.208 e. The summed E-state index contributed by atoms with van der Waals surface area (Å²) in [6.45, 7) is 1.82. The van der Waals surface area contributed by atoms with Crippen LogP contribution in [0.4, 0.5) is 0 Å². The van der Waals surface area contributed by atoms with E-state index in [0.717, 1.165) is 11.6 Å². The van der Waals surface area contributed by atoms with Crippen molar-refractivity contribution in [2.75, 3.05) is 12.9 Å². The molecule has 0 fully saturated rings. The Labute approximate surface area is 109 Å². The molecule has 2 aromatic rings. The molecule has 0 radical (unpaired) electrons. The van der Waals surface area contributed by atoms with Gasteiger partial charge in [-0.2, -0.15) is 0 Å². The number of aromatic amines is 1. The second kappa shape index (κ2) is 5.68. The van der Waals surface area contributed by atoms with Crippen LogP contribution in [0.1, 0.15) is 16.2 Å². The van der Waals surface area contributed by atoms with Gasteiger partial charge in [0.15, 0.2) is 5.78 Å². The largest absolute Gasteiger partial charge is 0.497 e. The number of hydrogen-bond donors (Lipinski definition) is 1. The average Bonchev–Trinajstić information content (AvgIpc) is 2.82. The number of hydrogen-bond acceptors (Lipinski definition) is 5. The number of nitrogens with zero attached hydrogens (tertiary/aromatic N) is 2. The normalized spacial score (nSPS) is 10.3. The second-order valence-corrected chi connectivity index (χ2v) is 4.59. The van der Waals surface area contributed by atoms with Gasteiger partial charge in [0.05, 0.1) is 12.9 Å². The van der Waals surface area contributed by atoms with Gasteiger partial charge in [-0.05, 0) is 31.2 Å². The number of thioether (sulfide) groups is 1. The highest BCUT2D eigenvalue weighted by atomic mass is 32.2. The van der Waals surface area contributed by atoms with Gasteiger partial charge in [0.1, 0.15) is 11.6 Å². The highest BCUT2D eigenvalue weighted by Crippen LogP contribution is 2.16. The van der Waals surface area contributed by atoms with Crippen molar-refractivity contribution in [1.82, 2.24) is 15.2 Å². The number of ether oxygens (including phenoxy) is 1. The zero-order chi connectivity index (χ0) is 13.0. The Balaban J connectivity index is 1.94. The number of benzene rings is 1. The molecular formula is C12H13N3O2S. The highest BCUT2D eigenvalue weighted by molar-refractivity contribution is 7.99. The standard InChI is InChI=1S/C12H13N3O2S/c1-8-13-12(15-14-8)18-7-11(16)9-3-5-10(17-2)6-4-9/h3-6H,7H2,1-2H3,(H,13,14,15). The number of H-pyrrole nitrogens is 1. The van der Waals surface area contributed by atoms with Crippen LogP contribution >= 0.6 is 11.8 Å². The van der Waals surface area contributed by atoms with Crippen LogP contribution in [0.5, 0.6) is 5.75 Å². The van der Waals surface area contributed by atoms with Crippen molar-refractivity contribution >= 4 is 17.5 Å². The highest BCUT2D eigenvalue weighted by Gasteiger charge is 2.09. The molecule has 0 bridgehead atoms. The van der Waals surface area contributed by atoms with Gasteiger partial charge in [0, 0.05) is 5.56 Å². The Morgan fingerprint density at radius 3 is 2.67 bits per heavy atom. The SMILES string of the molecule is COc1ccc(C(=O)CSc2n[nH]c(C)n2)cc1. The fraction of sp³-hybridized carbons (Fsp3) is 0.250. The maximum atomic E-state index is 11.9. The number of carbonyl (C=O) groups is 1. The summed E-state index contributed by atoms with van der Waals surface area (Å²) < 4.78 is 5.04. The molecule has 6 heteroatoms. The third kappa shape index (κ3) is 3.10. The Hall–Kier alpha value is -1.82. The third-order valence-electron chi connectivity index (χ3n) is 2.32. The molecule has 0 aliphatic carbocycles. The predicted octanol–water partition coefficient (Wildman–Crippen LogP) is 2.10. The van der Waals surface area contributed by atoms with E-state index in [-0.39, 0.29) is 5.78 Å². The fourth-order valence-electron chi connectivity index (χ4n) is 1.38. The molecule has 0 spiro atoms. The first-order chi connectivity index (χ1) is 8.69. The topological polar surface area (TPSA) is 67.9 Å². The number of methoxy groups -OCH3 is 1. The van der Waals surface area contributed by atoms with Gasteiger partial charge in [-0.25, -0.2) is 4.98 Å². The molecule has 1 heterocycles. The van der Waals surface area contributed by atoms with E-state index in [1.165, 1.54) is 11.8 Å². The molecule has 0 saturated heterocycles. The molecule has 1 N–H and O–H groups in total. The summed E-state index contributed by atoms with van der Waals surface area (Å²) in [5, 5.41) is 7.29. The van der Waals surface area contributed by atoms with Crippen molar-refractivity contribution in [3.63, 3.8) is 0 Å². The van der Waals surface area contributed by atoms with Gasteiger partial charge in [0.25, 0.3) is 0 Å². The lowest BCUT2D eigenvalue weighted by molar-refractivity contribution is 0.102. The van der Waals surface area contributed by atoms with Crippen LogP contribution in [0.15, 0.2) is 29.4 Å². The molecule has 1 aromatic carbocycles. The van der Waals surface area contributed by atoms with Crippen LogP contribution in [0, 0.1) is 6.92 Å². The Kier molecular flexibility index (Phi) is 3.99. The molecular weight excluding hydrogens is 250 g/mol. The lowest BCUT2D eigenvalue weighted by Crippen LogP contribution is -2.02. The monoisotopic (exact) mass is 263 g/mol. The summed E-state index contributed by atoms with van der Waals surface area (Å²) in [6.07, 6.45) is 0. The van der Waals surface area contributed by atoms with Crippen LogP contribution in [-0.2, 0) is 0 Å². The van der Waals surface area contributed by atoms with Crippen LogP contribution in [-0.4, -0.2) is 33.8 Å². The smallest absolute Gasteiger partial charge is 0.208 e. The van der Waals surface area contributed by atoms with E-state index >= 15 is 0 Å². The first-order valence-electron chi connectivity index (χ1n) is 5.38. The predicted molar refractivity (Wildman–Crippen MR) is 69.2 cm³/mol. The van der Waals surface area contributed by atoms with Crippen molar-refractivity contribution in [1.29, 1.82) is 0 Å². The van der Waals surface area contributed by atoms with Gasteiger partial charge in [-0.1, -0.05) is 11.8 Å². The Morgan fingerprint density at radius 2 is 2.11 bits per heavy atom. The van der Waals surface area contributed by atoms with Gasteiger partial charge >= 0.3 is 0 Å². The molecule has 0 unspecified atom stereocenters. The summed E-state index contributed by atoms with van der Waals surface area (Å²) in [7, 11) is 1.60. The minimum atomic E-state index is 0.0464. The second-order valence-electron chi connectivity index (χ2n) is 3.64. The quantitative estimate of drug-likeness (QED) is 0.661. The molecule has 0 aliphatic rings. The number of carbonyl (C=O) groups excluding carboxylic acids is 1. The molecule has 1 aromatic heterocycles. The minimum absolute atomic E-state index is 0.0464. The third-order valence-corrected chi connectivity index (χ3v) is 3.17. The molecule has 94 valence electrons. The number of nitrogens with one attached hydrogen (secondary N) is 1. The number of aryl methyl sites for hydroxylation is 1. The maximum absolute atomic E-state index is 11.9. The first kappa shape index (κ1) is 12.6. The molecule has 5 nitrogen and oxygen atoms in total. The van der Waals surface area contributed by atoms with Crippen molar-refractivity contribution in [3.8, 4) is 5.75 Å². The van der Waals surface area contributed by atoms with Crippen LogP contribution in [0.25, 0.3) is 0 Å². The number of aromatic nitrogens is 3. The Bertz CT molecular complexity index is 537. The molecule has 0 amide bonds. The lowest BCUT2D eigenvalue weighted by Gasteiger charge is -2.01. The van der Waals surface area contributed by atoms with Crippen molar-refractivity contribution in [2.24, 2.45) is 0 Å². The summed E-state index contributed by atoms with van der Waals surface area (Å²) in [6, 6.07) is 7.06. The molecule has 0 aliphatic heterocycles. The van der Waals surface area contributed by atoms with Crippen LogP contribution in [0.3, 0.4) is 0 Å². The van der Waals surface area contributed by atoms with Crippen molar-refractivity contribution in [3.05, 3.63) is 35.7 Å². The molecule has 0 atom stereocenters.